The van der Waals surface area contributed by atoms with Crippen LogP contribution in [0.2, 0.25) is 5.02 Å². The zero-order valence-corrected chi connectivity index (χ0v) is 19.0. The number of hydrogen-bond acceptors (Lipinski definition) is 6. The van der Waals surface area contributed by atoms with Gasteiger partial charge < -0.3 is 15.2 Å². The normalized spacial score (nSPS) is 23.2. The van der Waals surface area contributed by atoms with Gasteiger partial charge in [-0.2, -0.15) is 11.3 Å². The SMILES string of the molecule is O=C1NC(c2ccsc2)(c2cccc(OCC(F)F)n2)CC(O)C1Sc1ccccc1Cl. The highest BCUT2D eigenvalue weighted by Gasteiger charge is 2.48. The molecule has 32 heavy (non-hydrogen) atoms. The molecule has 3 heterocycles. The van der Waals surface area contributed by atoms with Crippen LogP contribution in [0.25, 0.3) is 0 Å². The second kappa shape index (κ2) is 9.74. The number of piperidine rings is 1. The standard InChI is InChI=1S/C22H19ClF2N2O3S2/c23-14-4-1-2-5-16(14)32-20-15(28)10-22(27-21(20)29,13-8-9-31-12-13)17-6-3-7-19(26-17)30-11-18(24)25/h1-9,12,15,18,20,28H,10-11H2,(H,27,29). The molecule has 0 aliphatic carbocycles. The van der Waals surface area contributed by atoms with Gasteiger partial charge in [0, 0.05) is 17.4 Å². The van der Waals surface area contributed by atoms with E-state index < -0.39 is 29.9 Å². The van der Waals surface area contributed by atoms with Gasteiger partial charge in [-0.3, -0.25) is 4.79 Å². The number of carbonyl (C=O) groups is 1. The maximum atomic E-state index is 13.2. The van der Waals surface area contributed by atoms with Crippen molar-refractivity contribution >= 4 is 40.6 Å². The topological polar surface area (TPSA) is 71.5 Å². The Hall–Kier alpha value is -2.20. The van der Waals surface area contributed by atoms with Crippen LogP contribution in [-0.4, -0.2) is 40.4 Å². The predicted octanol–water partition coefficient (Wildman–Crippen LogP) is 4.73. The van der Waals surface area contributed by atoms with E-state index in [0.29, 0.717) is 15.6 Å². The number of halogens is 3. The number of thiophene rings is 1. The summed E-state index contributed by atoms with van der Waals surface area (Å²) in [6.45, 7) is -0.784. The number of nitrogens with zero attached hydrogens (tertiary/aromatic N) is 1. The molecule has 0 bridgehead atoms. The Morgan fingerprint density at radius 3 is 2.78 bits per heavy atom. The molecule has 1 aliphatic rings. The minimum atomic E-state index is -2.63. The van der Waals surface area contributed by atoms with Crippen molar-refractivity contribution in [1.82, 2.24) is 10.3 Å². The van der Waals surface area contributed by atoms with Gasteiger partial charge in [0.2, 0.25) is 11.8 Å². The first-order valence-corrected chi connectivity index (χ1v) is 11.9. The Labute approximate surface area is 196 Å². The molecule has 3 aromatic rings. The molecule has 5 nitrogen and oxygen atoms in total. The lowest BCUT2D eigenvalue weighted by molar-refractivity contribution is -0.127. The number of aliphatic hydroxyl groups is 1. The molecule has 3 atom stereocenters. The fourth-order valence-electron chi connectivity index (χ4n) is 3.63. The van der Waals surface area contributed by atoms with Gasteiger partial charge in [-0.1, -0.05) is 29.8 Å². The Kier molecular flexibility index (Phi) is 6.99. The Bertz CT molecular complexity index is 1090. The van der Waals surface area contributed by atoms with Crippen molar-refractivity contribution in [2.75, 3.05) is 6.61 Å². The zero-order valence-electron chi connectivity index (χ0n) is 16.6. The Morgan fingerprint density at radius 2 is 2.09 bits per heavy atom. The van der Waals surface area contributed by atoms with Gasteiger partial charge in [0.1, 0.15) is 10.8 Å². The smallest absolute Gasteiger partial charge is 0.272 e. The van der Waals surface area contributed by atoms with Crippen molar-refractivity contribution in [2.45, 2.75) is 34.6 Å². The third kappa shape index (κ3) is 4.76. The van der Waals surface area contributed by atoms with Crippen LogP contribution in [0.5, 0.6) is 5.88 Å². The number of carbonyl (C=O) groups excluding carboxylic acids is 1. The van der Waals surface area contributed by atoms with Gasteiger partial charge in [0.25, 0.3) is 6.43 Å². The summed E-state index contributed by atoms with van der Waals surface area (Å²) in [6.07, 6.45) is -3.51. The van der Waals surface area contributed by atoms with Gasteiger partial charge in [0.05, 0.1) is 16.8 Å². The number of alkyl halides is 2. The van der Waals surface area contributed by atoms with Crippen molar-refractivity contribution < 1.29 is 23.4 Å². The van der Waals surface area contributed by atoms with Gasteiger partial charge >= 0.3 is 0 Å². The minimum Gasteiger partial charge on any atom is -0.472 e. The molecule has 3 unspecified atom stereocenters. The molecule has 4 rings (SSSR count). The van der Waals surface area contributed by atoms with Crippen LogP contribution in [0.3, 0.4) is 0 Å². The zero-order chi connectivity index (χ0) is 22.7. The molecule has 1 fully saturated rings. The van der Waals surface area contributed by atoms with Crippen LogP contribution in [0.1, 0.15) is 17.7 Å². The van der Waals surface area contributed by atoms with Crippen LogP contribution >= 0.6 is 34.7 Å². The second-order valence-corrected chi connectivity index (χ2v) is 9.58. The summed E-state index contributed by atoms with van der Waals surface area (Å²) in [5.41, 5.74) is 0.0176. The molecule has 0 radical (unpaired) electrons. The highest BCUT2D eigenvalue weighted by atomic mass is 35.5. The summed E-state index contributed by atoms with van der Waals surface area (Å²) in [7, 11) is 0. The number of pyridine rings is 1. The highest BCUT2D eigenvalue weighted by molar-refractivity contribution is 8.00. The molecule has 10 heteroatoms. The van der Waals surface area contributed by atoms with E-state index in [-0.39, 0.29) is 18.2 Å². The van der Waals surface area contributed by atoms with E-state index >= 15 is 0 Å². The summed E-state index contributed by atoms with van der Waals surface area (Å²) < 4.78 is 30.2. The molecule has 1 aromatic carbocycles. The average molecular weight is 497 g/mol. The van der Waals surface area contributed by atoms with E-state index in [1.165, 1.54) is 29.2 Å². The number of hydrogen-bond donors (Lipinski definition) is 2. The third-order valence-corrected chi connectivity index (χ3v) is 7.60. The summed E-state index contributed by atoms with van der Waals surface area (Å²) in [6, 6.07) is 13.7. The van der Waals surface area contributed by atoms with Crippen LogP contribution in [-0.2, 0) is 10.3 Å². The first-order chi connectivity index (χ1) is 15.4. The number of thioether (sulfide) groups is 1. The number of benzene rings is 1. The van der Waals surface area contributed by atoms with Crippen molar-refractivity contribution in [3.05, 3.63) is 75.6 Å². The number of nitrogens with one attached hydrogen (secondary N) is 1. The van der Waals surface area contributed by atoms with E-state index in [1.807, 2.05) is 22.9 Å². The average Bonchev–Trinajstić information content (AvgIpc) is 3.31. The first kappa shape index (κ1) is 23.0. The fraction of sp³-hybridized carbons (Fsp3) is 0.273. The lowest BCUT2D eigenvalue weighted by Gasteiger charge is -2.42. The second-order valence-electron chi connectivity index (χ2n) is 7.21. The maximum Gasteiger partial charge on any atom is 0.272 e. The summed E-state index contributed by atoms with van der Waals surface area (Å²) in [4.78, 5) is 18.3. The van der Waals surface area contributed by atoms with E-state index in [1.54, 1.807) is 30.3 Å². The molecule has 1 aliphatic heterocycles. The number of amides is 1. The largest absolute Gasteiger partial charge is 0.472 e. The molecular formula is C22H19ClF2N2O3S2. The lowest BCUT2D eigenvalue weighted by atomic mass is 9.79. The molecular weight excluding hydrogens is 478 g/mol. The maximum absolute atomic E-state index is 13.2. The van der Waals surface area contributed by atoms with Crippen molar-refractivity contribution in [3.63, 3.8) is 0 Å². The molecule has 1 saturated heterocycles. The molecule has 0 saturated carbocycles. The van der Waals surface area contributed by atoms with E-state index in [9.17, 15) is 18.7 Å². The summed E-state index contributed by atoms with van der Waals surface area (Å²) in [5.74, 6) is -0.353. The van der Waals surface area contributed by atoms with E-state index in [2.05, 4.69) is 10.3 Å². The van der Waals surface area contributed by atoms with Gasteiger partial charge in [-0.05, 0) is 40.6 Å². The molecule has 1 amide bonds. The minimum absolute atomic E-state index is 0.0220. The molecule has 0 spiro atoms. The van der Waals surface area contributed by atoms with Gasteiger partial charge in [-0.25, -0.2) is 13.8 Å². The van der Waals surface area contributed by atoms with Crippen molar-refractivity contribution in [1.29, 1.82) is 0 Å². The highest BCUT2D eigenvalue weighted by Crippen LogP contribution is 2.42. The van der Waals surface area contributed by atoms with E-state index in [4.69, 9.17) is 16.3 Å². The quantitative estimate of drug-likeness (QED) is 0.495. The van der Waals surface area contributed by atoms with Crippen LogP contribution in [0, 0.1) is 0 Å². The molecule has 2 aromatic heterocycles. The number of rotatable bonds is 7. The van der Waals surface area contributed by atoms with Gasteiger partial charge in [-0.15, -0.1) is 11.8 Å². The van der Waals surface area contributed by atoms with Crippen LogP contribution in [0.4, 0.5) is 8.78 Å². The number of aliphatic hydroxyl groups excluding tert-OH is 1. The van der Waals surface area contributed by atoms with Crippen LogP contribution in [0.15, 0.2) is 64.2 Å². The van der Waals surface area contributed by atoms with Gasteiger partial charge in [0.15, 0.2) is 6.61 Å². The van der Waals surface area contributed by atoms with E-state index in [0.717, 1.165) is 5.56 Å². The third-order valence-electron chi connectivity index (χ3n) is 5.08. The van der Waals surface area contributed by atoms with Crippen molar-refractivity contribution in [2.24, 2.45) is 0 Å². The fourth-order valence-corrected chi connectivity index (χ4v) is 5.66. The Morgan fingerprint density at radius 1 is 1.28 bits per heavy atom. The van der Waals surface area contributed by atoms with Crippen molar-refractivity contribution in [3.8, 4) is 5.88 Å². The predicted molar refractivity (Wildman–Crippen MR) is 121 cm³/mol. The first-order valence-electron chi connectivity index (χ1n) is 9.71. The summed E-state index contributed by atoms with van der Waals surface area (Å²) >= 11 is 8.87. The Balaban J connectivity index is 1.66. The number of ether oxygens (including phenoxy) is 1. The lowest BCUT2D eigenvalue weighted by Crippen LogP contribution is -2.59. The molecule has 168 valence electrons. The van der Waals surface area contributed by atoms with Crippen LogP contribution < -0.4 is 10.1 Å². The summed E-state index contributed by atoms with van der Waals surface area (Å²) in [5, 5.41) is 17.5. The molecule has 2 N–H and O–H groups in total. The number of aromatic nitrogens is 1. The monoisotopic (exact) mass is 496 g/mol.